The fourth-order valence-electron chi connectivity index (χ4n) is 5.55. The van der Waals surface area contributed by atoms with Gasteiger partial charge in [-0.2, -0.15) is 4.68 Å². The molecule has 6 rings (SSSR count). The van der Waals surface area contributed by atoms with Gasteiger partial charge >= 0.3 is 0 Å². The van der Waals surface area contributed by atoms with Gasteiger partial charge in [0.05, 0.1) is 6.54 Å². The van der Waals surface area contributed by atoms with E-state index in [4.69, 9.17) is 14.7 Å². The second-order valence-electron chi connectivity index (χ2n) is 10.7. The number of hydrogen-bond acceptors (Lipinski definition) is 7. The predicted octanol–water partition coefficient (Wildman–Crippen LogP) is 7.07. The molecule has 1 unspecified atom stereocenters. The molecule has 0 amide bonds. The molecule has 0 aliphatic carbocycles. The molecular weight excluding hydrogens is 536 g/mol. The van der Waals surface area contributed by atoms with Crippen molar-refractivity contribution in [2.24, 2.45) is 0 Å². The number of aromatic nitrogens is 8. The molecule has 218 valence electrons. The number of aryl methyl sites for hydroxylation is 2. The molecule has 9 heteroatoms. The van der Waals surface area contributed by atoms with Crippen LogP contribution in [0, 0.1) is 6.92 Å². The van der Waals surface area contributed by atoms with Gasteiger partial charge in [0.2, 0.25) is 0 Å². The van der Waals surface area contributed by atoms with Crippen LogP contribution in [0.5, 0.6) is 0 Å². The van der Waals surface area contributed by atoms with E-state index < -0.39 is 0 Å². The van der Waals surface area contributed by atoms with Crippen LogP contribution in [0.15, 0.2) is 79.1 Å². The van der Waals surface area contributed by atoms with E-state index in [-0.39, 0.29) is 6.23 Å². The maximum Gasteiger partial charge on any atom is 0.185 e. The highest BCUT2D eigenvalue weighted by Gasteiger charge is 2.21. The quantitative estimate of drug-likeness (QED) is 0.164. The molecule has 4 heterocycles. The van der Waals surface area contributed by atoms with Crippen LogP contribution in [0.25, 0.3) is 44.8 Å². The fourth-order valence-corrected chi connectivity index (χ4v) is 5.55. The number of pyridine rings is 2. The Hall–Kier alpha value is -4.76. The SMILES string of the molecule is CCCCc1nc2cc(-c3cccnc3)c(C)nc2n1Cc1ccc(-c2ccccc2)c(-c2nnnn2C(C)OCC)c1. The molecule has 0 N–H and O–H groups in total. The first-order valence-corrected chi connectivity index (χ1v) is 14.9. The summed E-state index contributed by atoms with van der Waals surface area (Å²) in [5.41, 5.74) is 9.04. The van der Waals surface area contributed by atoms with E-state index in [1.54, 1.807) is 10.9 Å². The van der Waals surface area contributed by atoms with Crippen molar-refractivity contribution >= 4 is 11.2 Å². The largest absolute Gasteiger partial charge is 0.357 e. The van der Waals surface area contributed by atoms with Crippen molar-refractivity contribution in [3.8, 4) is 33.6 Å². The van der Waals surface area contributed by atoms with Crippen LogP contribution in [0.1, 0.15) is 56.9 Å². The summed E-state index contributed by atoms with van der Waals surface area (Å²) >= 11 is 0. The number of hydrogen-bond donors (Lipinski definition) is 0. The third-order valence-corrected chi connectivity index (χ3v) is 7.71. The van der Waals surface area contributed by atoms with E-state index in [0.29, 0.717) is 19.0 Å². The molecule has 4 aromatic heterocycles. The number of tetrazole rings is 1. The summed E-state index contributed by atoms with van der Waals surface area (Å²) in [6, 6.07) is 23.0. The maximum absolute atomic E-state index is 5.86. The number of unbranched alkanes of at least 4 members (excludes halogenated alkanes) is 1. The summed E-state index contributed by atoms with van der Waals surface area (Å²) in [4.78, 5) is 14.5. The first-order chi connectivity index (χ1) is 21.1. The van der Waals surface area contributed by atoms with E-state index in [0.717, 1.165) is 75.3 Å². The lowest BCUT2D eigenvalue weighted by molar-refractivity contribution is 0.0159. The molecule has 0 radical (unpaired) electrons. The normalized spacial score (nSPS) is 12.2. The molecular formula is C34H36N8O. The second kappa shape index (κ2) is 12.6. The number of imidazole rings is 1. The van der Waals surface area contributed by atoms with Gasteiger partial charge in [-0.25, -0.2) is 9.97 Å². The smallest absolute Gasteiger partial charge is 0.185 e. The first-order valence-electron chi connectivity index (χ1n) is 14.9. The van der Waals surface area contributed by atoms with Gasteiger partial charge in [-0.05, 0) is 72.5 Å². The lowest BCUT2D eigenvalue weighted by Crippen LogP contribution is -2.13. The summed E-state index contributed by atoms with van der Waals surface area (Å²) in [6.45, 7) is 9.38. The van der Waals surface area contributed by atoms with Crippen molar-refractivity contribution < 1.29 is 4.74 Å². The van der Waals surface area contributed by atoms with Gasteiger partial charge in [0.1, 0.15) is 11.3 Å². The third-order valence-electron chi connectivity index (χ3n) is 7.71. The molecule has 1 atom stereocenters. The minimum atomic E-state index is -0.304. The van der Waals surface area contributed by atoms with Gasteiger partial charge in [0, 0.05) is 47.8 Å². The number of benzene rings is 2. The van der Waals surface area contributed by atoms with Crippen LogP contribution in [0.2, 0.25) is 0 Å². The Morgan fingerprint density at radius 1 is 0.884 bits per heavy atom. The van der Waals surface area contributed by atoms with Gasteiger partial charge in [0.25, 0.3) is 0 Å². The Morgan fingerprint density at radius 3 is 2.49 bits per heavy atom. The van der Waals surface area contributed by atoms with Gasteiger partial charge < -0.3 is 9.30 Å². The van der Waals surface area contributed by atoms with Gasteiger partial charge in [-0.15, -0.1) is 5.10 Å². The molecule has 0 aliphatic rings. The van der Waals surface area contributed by atoms with Crippen LogP contribution in [-0.2, 0) is 17.7 Å². The van der Waals surface area contributed by atoms with E-state index in [9.17, 15) is 0 Å². The molecule has 0 spiro atoms. The Labute approximate surface area is 251 Å². The van der Waals surface area contributed by atoms with Gasteiger partial charge in [-0.3, -0.25) is 4.98 Å². The van der Waals surface area contributed by atoms with Crippen molar-refractivity contribution in [1.82, 2.24) is 39.7 Å². The summed E-state index contributed by atoms with van der Waals surface area (Å²) in [5, 5.41) is 12.8. The topological polar surface area (TPSA) is 96.4 Å². The second-order valence-corrected chi connectivity index (χ2v) is 10.7. The predicted molar refractivity (Wildman–Crippen MR) is 168 cm³/mol. The molecule has 2 aromatic carbocycles. The van der Waals surface area contributed by atoms with Crippen LogP contribution >= 0.6 is 0 Å². The van der Waals surface area contributed by atoms with Crippen molar-refractivity contribution in [3.05, 3.63) is 96.2 Å². The average molecular weight is 573 g/mol. The zero-order valence-corrected chi connectivity index (χ0v) is 25.1. The molecule has 0 aliphatic heterocycles. The van der Waals surface area contributed by atoms with Crippen LogP contribution in [-0.4, -0.2) is 46.3 Å². The van der Waals surface area contributed by atoms with Crippen molar-refractivity contribution in [2.45, 2.75) is 59.7 Å². The number of rotatable bonds is 11. The highest BCUT2D eigenvalue weighted by Crippen LogP contribution is 2.34. The Bertz CT molecular complexity index is 1830. The van der Waals surface area contributed by atoms with E-state index in [2.05, 4.69) is 81.4 Å². The molecule has 0 fully saturated rings. The lowest BCUT2D eigenvalue weighted by atomic mass is 9.96. The maximum atomic E-state index is 5.86. The zero-order chi connectivity index (χ0) is 29.8. The summed E-state index contributed by atoms with van der Waals surface area (Å²) in [7, 11) is 0. The number of nitrogens with zero attached hydrogens (tertiary/aromatic N) is 8. The summed E-state index contributed by atoms with van der Waals surface area (Å²) in [6.07, 6.45) is 6.39. The van der Waals surface area contributed by atoms with Crippen LogP contribution in [0.4, 0.5) is 0 Å². The van der Waals surface area contributed by atoms with E-state index in [1.165, 1.54) is 0 Å². The number of fused-ring (bicyclic) bond motifs is 1. The highest BCUT2D eigenvalue weighted by atomic mass is 16.5. The average Bonchev–Trinajstić information content (AvgIpc) is 3.66. The fraction of sp³-hybridized carbons (Fsp3) is 0.294. The highest BCUT2D eigenvalue weighted by molar-refractivity contribution is 5.82. The zero-order valence-electron chi connectivity index (χ0n) is 25.1. The summed E-state index contributed by atoms with van der Waals surface area (Å²) in [5.74, 6) is 1.70. The van der Waals surface area contributed by atoms with E-state index >= 15 is 0 Å². The Kier molecular flexibility index (Phi) is 8.33. The Balaban J connectivity index is 1.47. The lowest BCUT2D eigenvalue weighted by Gasteiger charge is -2.17. The molecule has 0 bridgehead atoms. The van der Waals surface area contributed by atoms with Crippen LogP contribution < -0.4 is 0 Å². The molecule has 6 aromatic rings. The van der Waals surface area contributed by atoms with Crippen molar-refractivity contribution in [2.75, 3.05) is 6.61 Å². The van der Waals surface area contributed by atoms with Crippen molar-refractivity contribution in [1.29, 1.82) is 0 Å². The minimum absolute atomic E-state index is 0.304. The van der Waals surface area contributed by atoms with Gasteiger partial charge in [-0.1, -0.05) is 61.9 Å². The number of ether oxygens (including phenoxy) is 1. The van der Waals surface area contributed by atoms with Gasteiger partial charge in [0.15, 0.2) is 17.7 Å². The third kappa shape index (κ3) is 5.81. The van der Waals surface area contributed by atoms with Crippen LogP contribution in [0.3, 0.4) is 0 Å². The molecule has 43 heavy (non-hydrogen) atoms. The summed E-state index contributed by atoms with van der Waals surface area (Å²) < 4.78 is 9.87. The first kappa shape index (κ1) is 28.4. The monoisotopic (exact) mass is 572 g/mol. The Morgan fingerprint density at radius 2 is 1.72 bits per heavy atom. The molecule has 0 saturated carbocycles. The standard InChI is InChI=1S/C34H36N8O/c1-5-7-15-32-37-31-20-29(27-14-11-18-35-21-27)23(3)36-34(31)41(32)22-25-16-17-28(26-12-9-8-10-13-26)30(19-25)33-38-39-40-42(33)24(4)43-6-2/h8-14,16-21,24H,5-7,15,22H2,1-4H3. The van der Waals surface area contributed by atoms with Crippen molar-refractivity contribution in [3.63, 3.8) is 0 Å². The van der Waals surface area contributed by atoms with E-state index in [1.807, 2.05) is 44.3 Å². The minimum Gasteiger partial charge on any atom is -0.357 e. The molecule has 0 saturated heterocycles. The molecule has 9 nitrogen and oxygen atoms in total.